The normalized spacial score (nSPS) is 18.0. The molecule has 1 aliphatic carbocycles. The highest BCUT2D eigenvalue weighted by atomic mass is 79.9. The van der Waals surface area contributed by atoms with E-state index in [1.54, 1.807) is 0 Å². The van der Waals surface area contributed by atoms with Crippen LogP contribution in [0.5, 0.6) is 0 Å². The fraction of sp³-hybridized carbons (Fsp3) is 0.778. The van der Waals surface area contributed by atoms with Gasteiger partial charge >= 0.3 is 0 Å². The van der Waals surface area contributed by atoms with Crippen molar-refractivity contribution in [2.75, 3.05) is 6.54 Å². The minimum atomic E-state index is -0.348. The second-order valence-corrected chi connectivity index (χ2v) is 4.95. The molecule has 0 aliphatic heterocycles. The average Bonchev–Trinajstić information content (AvgIpc) is 2.81. The van der Waals surface area contributed by atoms with Gasteiger partial charge in [-0.25, -0.2) is 0 Å². The van der Waals surface area contributed by atoms with Crippen LogP contribution in [0.1, 0.15) is 32.6 Å². The largest absolute Gasteiger partial charge is 0.348 e. The smallest absolute Gasteiger partial charge is 0.237 e. The number of hydrogen-bond acceptors (Lipinski definition) is 2. The summed E-state index contributed by atoms with van der Waals surface area (Å²) < 4.78 is -0.348. The Morgan fingerprint density at radius 1 is 1.46 bits per heavy atom. The highest BCUT2D eigenvalue weighted by Crippen LogP contribution is 2.44. The molecule has 3 nitrogen and oxygen atoms in total. The molecule has 74 valence electrons. The summed E-state index contributed by atoms with van der Waals surface area (Å²) in [5.74, 6) is 0.0598. The Labute approximate surface area is 86.4 Å². The Morgan fingerprint density at radius 3 is 2.54 bits per heavy atom. The van der Waals surface area contributed by atoms with Gasteiger partial charge in [-0.3, -0.25) is 9.59 Å². The zero-order chi connectivity index (χ0) is 9.90. The van der Waals surface area contributed by atoms with E-state index >= 15 is 0 Å². The third-order valence-corrected chi connectivity index (χ3v) is 3.22. The minimum Gasteiger partial charge on any atom is -0.348 e. The van der Waals surface area contributed by atoms with Crippen LogP contribution >= 0.6 is 15.9 Å². The Bertz CT molecular complexity index is 224. The molecule has 0 aromatic heterocycles. The molecular formula is C9H14BrNO2. The third-order valence-electron chi connectivity index (χ3n) is 2.07. The van der Waals surface area contributed by atoms with Crippen molar-refractivity contribution in [1.29, 1.82) is 0 Å². The Kier molecular flexibility index (Phi) is 3.47. The molecule has 4 heteroatoms. The number of nitrogens with one attached hydrogen (secondary N) is 1. The summed E-state index contributed by atoms with van der Waals surface area (Å²) in [5.41, 5.74) is 0. The van der Waals surface area contributed by atoms with Crippen molar-refractivity contribution in [3.63, 3.8) is 0 Å². The van der Waals surface area contributed by atoms with E-state index in [-0.39, 0.29) is 22.6 Å². The van der Waals surface area contributed by atoms with Crippen LogP contribution in [0.2, 0.25) is 0 Å². The lowest BCUT2D eigenvalue weighted by atomic mass is 10.2. The summed E-state index contributed by atoms with van der Waals surface area (Å²) in [6.07, 6.45) is 3.14. The highest BCUT2D eigenvalue weighted by Gasteiger charge is 2.47. The number of hydrogen-bond donors (Lipinski definition) is 1. The first kappa shape index (κ1) is 10.7. The van der Waals surface area contributed by atoms with Crippen LogP contribution < -0.4 is 5.32 Å². The molecule has 0 heterocycles. The van der Waals surface area contributed by atoms with Crippen LogP contribution in [0.3, 0.4) is 0 Å². The first-order valence-electron chi connectivity index (χ1n) is 4.57. The number of halogens is 1. The zero-order valence-corrected chi connectivity index (χ0v) is 9.32. The molecule has 0 bridgehead atoms. The van der Waals surface area contributed by atoms with Crippen molar-refractivity contribution < 1.29 is 9.59 Å². The molecule has 0 aromatic rings. The summed E-state index contributed by atoms with van der Waals surface area (Å²) in [5, 5.41) is 2.63. The van der Waals surface area contributed by atoms with Crippen LogP contribution in [-0.4, -0.2) is 22.6 Å². The summed E-state index contributed by atoms with van der Waals surface area (Å²) >= 11 is 3.32. The standard InChI is InChI=1S/C9H14BrNO2/c1-2-3-7(12)6-11-8(13)9(10)4-5-9/h2-6H2,1H3,(H,11,13). The second kappa shape index (κ2) is 4.22. The van der Waals surface area contributed by atoms with Gasteiger partial charge in [-0.2, -0.15) is 0 Å². The molecule has 1 fully saturated rings. The van der Waals surface area contributed by atoms with E-state index in [9.17, 15) is 9.59 Å². The average molecular weight is 248 g/mol. The van der Waals surface area contributed by atoms with Crippen molar-refractivity contribution in [2.45, 2.75) is 36.9 Å². The number of carbonyl (C=O) groups is 2. The lowest BCUT2D eigenvalue weighted by Crippen LogP contribution is -2.36. The van der Waals surface area contributed by atoms with Gasteiger partial charge in [0.1, 0.15) is 4.32 Å². The molecule has 1 rings (SSSR count). The van der Waals surface area contributed by atoms with Gasteiger partial charge in [0.2, 0.25) is 5.91 Å². The summed E-state index contributed by atoms with van der Waals surface area (Å²) in [7, 11) is 0. The van der Waals surface area contributed by atoms with Crippen molar-refractivity contribution in [1.82, 2.24) is 5.32 Å². The molecule has 1 N–H and O–H groups in total. The number of amides is 1. The fourth-order valence-electron chi connectivity index (χ4n) is 1.04. The number of rotatable bonds is 5. The lowest BCUT2D eigenvalue weighted by Gasteiger charge is -2.07. The quantitative estimate of drug-likeness (QED) is 0.747. The molecule has 0 aromatic carbocycles. The van der Waals surface area contributed by atoms with Crippen molar-refractivity contribution in [3.05, 3.63) is 0 Å². The van der Waals surface area contributed by atoms with E-state index < -0.39 is 0 Å². The number of ketones is 1. The van der Waals surface area contributed by atoms with E-state index in [0.717, 1.165) is 19.3 Å². The second-order valence-electron chi connectivity index (χ2n) is 3.44. The molecule has 0 atom stereocenters. The van der Waals surface area contributed by atoms with E-state index in [4.69, 9.17) is 0 Å². The van der Waals surface area contributed by atoms with Crippen molar-refractivity contribution in [3.8, 4) is 0 Å². The van der Waals surface area contributed by atoms with Crippen molar-refractivity contribution in [2.24, 2.45) is 0 Å². The summed E-state index contributed by atoms with van der Waals surface area (Å²) in [6, 6.07) is 0. The molecule has 0 radical (unpaired) electrons. The third kappa shape index (κ3) is 3.10. The van der Waals surface area contributed by atoms with Gasteiger partial charge in [-0.15, -0.1) is 0 Å². The lowest BCUT2D eigenvalue weighted by molar-refractivity contribution is -0.125. The molecule has 0 saturated heterocycles. The Balaban J connectivity index is 2.19. The Morgan fingerprint density at radius 2 is 2.08 bits per heavy atom. The van der Waals surface area contributed by atoms with Gasteiger partial charge in [0.15, 0.2) is 5.78 Å². The molecular weight excluding hydrogens is 234 g/mol. The van der Waals surface area contributed by atoms with Crippen molar-refractivity contribution >= 4 is 27.6 Å². The SMILES string of the molecule is CCCC(=O)CNC(=O)C1(Br)CC1. The van der Waals surface area contributed by atoms with Crippen LogP contribution in [-0.2, 0) is 9.59 Å². The zero-order valence-electron chi connectivity index (χ0n) is 7.73. The van der Waals surface area contributed by atoms with Crippen LogP contribution in [0.15, 0.2) is 0 Å². The van der Waals surface area contributed by atoms with E-state index in [2.05, 4.69) is 21.2 Å². The molecule has 1 amide bonds. The summed E-state index contributed by atoms with van der Waals surface area (Å²) in [4.78, 5) is 22.4. The number of Topliss-reactive ketones (excluding diaryl/α,β-unsaturated/α-hetero) is 1. The van der Waals surface area contributed by atoms with Gasteiger partial charge in [-0.05, 0) is 19.3 Å². The maximum atomic E-state index is 11.3. The predicted molar refractivity (Wildman–Crippen MR) is 53.8 cm³/mol. The van der Waals surface area contributed by atoms with Crippen LogP contribution in [0.4, 0.5) is 0 Å². The fourth-order valence-corrected chi connectivity index (χ4v) is 1.38. The maximum absolute atomic E-state index is 11.3. The predicted octanol–water partition coefficient (Wildman–Crippen LogP) is 1.40. The van der Waals surface area contributed by atoms with Gasteiger partial charge in [0.25, 0.3) is 0 Å². The first-order valence-corrected chi connectivity index (χ1v) is 5.37. The number of carbonyl (C=O) groups excluding carboxylic acids is 2. The maximum Gasteiger partial charge on any atom is 0.237 e. The minimum absolute atomic E-state index is 0.0445. The van der Waals surface area contributed by atoms with E-state index in [0.29, 0.717) is 6.42 Å². The highest BCUT2D eigenvalue weighted by molar-refractivity contribution is 9.10. The van der Waals surface area contributed by atoms with Gasteiger partial charge in [0, 0.05) is 6.42 Å². The molecule has 0 unspecified atom stereocenters. The number of alkyl halides is 1. The molecule has 0 spiro atoms. The molecule has 1 saturated carbocycles. The van der Waals surface area contributed by atoms with E-state index in [1.807, 2.05) is 6.92 Å². The van der Waals surface area contributed by atoms with Crippen LogP contribution in [0, 0.1) is 0 Å². The van der Waals surface area contributed by atoms with Crippen LogP contribution in [0.25, 0.3) is 0 Å². The van der Waals surface area contributed by atoms with E-state index in [1.165, 1.54) is 0 Å². The molecule has 1 aliphatic rings. The molecule has 13 heavy (non-hydrogen) atoms. The topological polar surface area (TPSA) is 46.2 Å². The van der Waals surface area contributed by atoms with Gasteiger partial charge < -0.3 is 5.32 Å². The Hall–Kier alpha value is -0.380. The van der Waals surface area contributed by atoms with Gasteiger partial charge in [-0.1, -0.05) is 22.9 Å². The first-order chi connectivity index (χ1) is 6.08. The monoisotopic (exact) mass is 247 g/mol. The summed E-state index contributed by atoms with van der Waals surface area (Å²) in [6.45, 7) is 2.13. The van der Waals surface area contributed by atoms with Gasteiger partial charge in [0.05, 0.1) is 6.54 Å².